The van der Waals surface area contributed by atoms with Crippen LogP contribution in [0.2, 0.25) is 5.02 Å². The Balaban J connectivity index is 1.84. The molecule has 9 heteroatoms. The standard InChI is InChI=1S/C21H15ClN2O5S/c1-29-21(26)19-17(14-6-8-15(22)9-7-14)12-30-20(19)23-18(25)10-5-13-3-2-4-16(11-13)24(27)28/h2-12H,1H3,(H,23,25). The zero-order chi connectivity index (χ0) is 21.7. The minimum atomic E-state index is -0.584. The summed E-state index contributed by atoms with van der Waals surface area (Å²) in [6, 6.07) is 12.8. The van der Waals surface area contributed by atoms with Crippen molar-refractivity contribution in [1.82, 2.24) is 0 Å². The highest BCUT2D eigenvalue weighted by Crippen LogP contribution is 2.36. The van der Waals surface area contributed by atoms with Gasteiger partial charge in [0.25, 0.3) is 5.69 Å². The van der Waals surface area contributed by atoms with E-state index in [4.69, 9.17) is 16.3 Å². The first-order valence-corrected chi connectivity index (χ1v) is 9.84. The van der Waals surface area contributed by atoms with Crippen LogP contribution in [0.4, 0.5) is 10.7 Å². The lowest BCUT2D eigenvalue weighted by atomic mass is 10.0. The number of anilines is 1. The largest absolute Gasteiger partial charge is 0.465 e. The molecule has 0 aliphatic heterocycles. The third-order valence-electron chi connectivity index (χ3n) is 4.08. The van der Waals surface area contributed by atoms with Crippen LogP contribution in [0.3, 0.4) is 0 Å². The molecular formula is C21H15ClN2O5S. The number of carbonyl (C=O) groups excluding carboxylic acids is 2. The van der Waals surface area contributed by atoms with Crippen LogP contribution in [0.15, 0.2) is 60.0 Å². The number of thiophene rings is 1. The molecule has 0 radical (unpaired) electrons. The summed E-state index contributed by atoms with van der Waals surface area (Å²) in [4.78, 5) is 35.0. The Kier molecular flexibility index (Phi) is 6.61. The number of nitro benzene ring substituents is 1. The molecule has 1 amide bonds. The van der Waals surface area contributed by atoms with Gasteiger partial charge in [0.15, 0.2) is 0 Å². The third kappa shape index (κ3) is 4.91. The van der Waals surface area contributed by atoms with E-state index in [0.717, 1.165) is 5.56 Å². The summed E-state index contributed by atoms with van der Waals surface area (Å²) in [6.07, 6.45) is 2.69. The fourth-order valence-corrected chi connectivity index (χ4v) is 3.75. The molecule has 0 atom stereocenters. The lowest BCUT2D eigenvalue weighted by Gasteiger charge is -2.07. The van der Waals surface area contributed by atoms with Gasteiger partial charge in [-0.05, 0) is 29.3 Å². The van der Waals surface area contributed by atoms with Crippen molar-refractivity contribution in [3.05, 3.63) is 86.3 Å². The van der Waals surface area contributed by atoms with Gasteiger partial charge in [-0.15, -0.1) is 11.3 Å². The number of rotatable bonds is 6. The van der Waals surface area contributed by atoms with Crippen LogP contribution in [-0.4, -0.2) is 23.9 Å². The molecule has 3 rings (SSSR count). The molecule has 152 valence electrons. The Morgan fingerprint density at radius 2 is 1.93 bits per heavy atom. The van der Waals surface area contributed by atoms with Crippen LogP contribution < -0.4 is 5.32 Å². The summed E-state index contributed by atoms with van der Waals surface area (Å²) >= 11 is 7.11. The summed E-state index contributed by atoms with van der Waals surface area (Å²) in [5, 5.41) is 16.2. The van der Waals surface area contributed by atoms with Gasteiger partial charge in [-0.2, -0.15) is 0 Å². The van der Waals surface area contributed by atoms with E-state index < -0.39 is 16.8 Å². The van der Waals surface area contributed by atoms with Crippen molar-refractivity contribution < 1.29 is 19.2 Å². The summed E-state index contributed by atoms with van der Waals surface area (Å²) in [7, 11) is 1.26. The summed E-state index contributed by atoms with van der Waals surface area (Å²) < 4.78 is 4.88. The Hall–Kier alpha value is -3.49. The molecule has 7 nitrogen and oxygen atoms in total. The number of ether oxygens (including phenoxy) is 1. The Bertz CT molecular complexity index is 1140. The molecule has 0 spiro atoms. The van der Waals surface area contributed by atoms with Crippen molar-refractivity contribution in [3.8, 4) is 11.1 Å². The normalized spacial score (nSPS) is 10.7. The lowest BCUT2D eigenvalue weighted by molar-refractivity contribution is -0.384. The van der Waals surface area contributed by atoms with Crippen molar-refractivity contribution in [2.45, 2.75) is 0 Å². The van der Waals surface area contributed by atoms with E-state index in [1.165, 1.54) is 48.8 Å². The first kappa shape index (κ1) is 21.2. The highest BCUT2D eigenvalue weighted by Gasteiger charge is 2.22. The Morgan fingerprint density at radius 1 is 1.20 bits per heavy atom. The molecule has 0 aliphatic carbocycles. The van der Waals surface area contributed by atoms with Crippen molar-refractivity contribution in [3.63, 3.8) is 0 Å². The number of hydrogen-bond donors (Lipinski definition) is 1. The van der Waals surface area contributed by atoms with Gasteiger partial charge in [-0.3, -0.25) is 14.9 Å². The minimum Gasteiger partial charge on any atom is -0.465 e. The molecule has 0 fully saturated rings. The van der Waals surface area contributed by atoms with E-state index in [-0.39, 0.29) is 11.3 Å². The van der Waals surface area contributed by atoms with Gasteiger partial charge >= 0.3 is 5.97 Å². The molecule has 0 aliphatic rings. The first-order chi connectivity index (χ1) is 14.4. The first-order valence-electron chi connectivity index (χ1n) is 8.58. The van der Waals surface area contributed by atoms with Crippen molar-refractivity contribution >= 4 is 51.6 Å². The molecule has 0 saturated carbocycles. The molecular weight excluding hydrogens is 428 g/mol. The van der Waals surface area contributed by atoms with Crippen LogP contribution in [0.1, 0.15) is 15.9 Å². The third-order valence-corrected chi connectivity index (χ3v) is 5.23. The number of nitrogens with zero attached hydrogens (tertiary/aromatic N) is 1. The second kappa shape index (κ2) is 9.34. The van der Waals surface area contributed by atoms with Crippen LogP contribution in [0, 0.1) is 10.1 Å². The fraction of sp³-hybridized carbons (Fsp3) is 0.0476. The molecule has 1 N–H and O–H groups in total. The molecule has 0 bridgehead atoms. The molecule has 2 aromatic carbocycles. The van der Waals surface area contributed by atoms with Gasteiger partial charge in [0.05, 0.1) is 12.0 Å². The van der Waals surface area contributed by atoms with E-state index in [1.54, 1.807) is 35.7 Å². The molecule has 3 aromatic rings. The maximum atomic E-state index is 12.4. The van der Waals surface area contributed by atoms with Gasteiger partial charge in [0, 0.05) is 34.2 Å². The average Bonchev–Trinajstić information content (AvgIpc) is 3.15. The second-order valence-corrected chi connectivity index (χ2v) is 7.34. The number of amides is 1. The number of non-ortho nitro benzene ring substituents is 1. The molecule has 0 saturated heterocycles. The molecule has 1 aromatic heterocycles. The van der Waals surface area contributed by atoms with E-state index in [2.05, 4.69) is 5.32 Å². The smallest absolute Gasteiger partial charge is 0.341 e. The van der Waals surface area contributed by atoms with Crippen molar-refractivity contribution in [1.29, 1.82) is 0 Å². The number of nitro groups is 1. The summed E-state index contributed by atoms with van der Waals surface area (Å²) in [6.45, 7) is 0. The van der Waals surface area contributed by atoms with Crippen LogP contribution in [-0.2, 0) is 9.53 Å². The number of carbonyl (C=O) groups is 2. The van der Waals surface area contributed by atoms with Gasteiger partial charge in [0.2, 0.25) is 5.91 Å². The van der Waals surface area contributed by atoms with Crippen LogP contribution in [0.25, 0.3) is 17.2 Å². The van der Waals surface area contributed by atoms with E-state index >= 15 is 0 Å². The number of esters is 1. The number of halogens is 1. The SMILES string of the molecule is COC(=O)c1c(-c2ccc(Cl)cc2)csc1NC(=O)C=Cc1cccc([N+](=O)[O-])c1. The van der Waals surface area contributed by atoms with E-state index in [0.29, 0.717) is 21.2 Å². The van der Waals surface area contributed by atoms with E-state index in [1.807, 2.05) is 0 Å². The molecule has 0 unspecified atom stereocenters. The maximum Gasteiger partial charge on any atom is 0.341 e. The Labute approximate surface area is 180 Å². The van der Waals surface area contributed by atoms with Crippen molar-refractivity contribution in [2.75, 3.05) is 12.4 Å². The number of methoxy groups -OCH3 is 1. The van der Waals surface area contributed by atoms with Gasteiger partial charge in [-0.25, -0.2) is 4.79 Å². The fourth-order valence-electron chi connectivity index (χ4n) is 2.66. The molecule has 1 heterocycles. The quantitative estimate of drug-likeness (QED) is 0.238. The average molecular weight is 443 g/mol. The highest BCUT2D eigenvalue weighted by molar-refractivity contribution is 7.15. The van der Waals surface area contributed by atoms with Crippen LogP contribution in [0.5, 0.6) is 0 Å². The van der Waals surface area contributed by atoms with E-state index in [9.17, 15) is 19.7 Å². The predicted molar refractivity (Wildman–Crippen MR) is 117 cm³/mol. The van der Waals surface area contributed by atoms with Crippen LogP contribution >= 0.6 is 22.9 Å². The zero-order valence-electron chi connectivity index (χ0n) is 15.6. The number of hydrogen-bond acceptors (Lipinski definition) is 6. The number of nitrogens with one attached hydrogen (secondary N) is 1. The minimum absolute atomic E-state index is 0.0728. The van der Waals surface area contributed by atoms with Gasteiger partial charge < -0.3 is 10.1 Å². The number of benzene rings is 2. The van der Waals surface area contributed by atoms with Gasteiger partial charge in [0.1, 0.15) is 10.6 Å². The van der Waals surface area contributed by atoms with Gasteiger partial charge in [-0.1, -0.05) is 35.9 Å². The Morgan fingerprint density at radius 3 is 2.60 bits per heavy atom. The highest BCUT2D eigenvalue weighted by atomic mass is 35.5. The predicted octanol–water partition coefficient (Wildman–Crippen LogP) is 5.42. The molecule has 30 heavy (non-hydrogen) atoms. The van der Waals surface area contributed by atoms with Crippen molar-refractivity contribution in [2.24, 2.45) is 0 Å². The summed E-state index contributed by atoms with van der Waals surface area (Å²) in [5.41, 5.74) is 2.03. The lowest BCUT2D eigenvalue weighted by Crippen LogP contribution is -2.11. The topological polar surface area (TPSA) is 98.5 Å². The maximum absolute atomic E-state index is 12.4. The monoisotopic (exact) mass is 442 g/mol. The summed E-state index contributed by atoms with van der Waals surface area (Å²) in [5.74, 6) is -1.07. The zero-order valence-corrected chi connectivity index (χ0v) is 17.2. The second-order valence-electron chi connectivity index (χ2n) is 6.03.